The third-order valence-corrected chi connectivity index (χ3v) is 3.47. The van der Waals surface area contributed by atoms with Gasteiger partial charge in [-0.05, 0) is 40.5 Å². The van der Waals surface area contributed by atoms with Gasteiger partial charge in [-0.25, -0.2) is 0 Å². The van der Waals surface area contributed by atoms with Crippen molar-refractivity contribution >= 4 is 38.4 Å². The minimum absolute atomic E-state index is 0.282. The molecule has 0 aliphatic rings. The van der Waals surface area contributed by atoms with Gasteiger partial charge in [0, 0.05) is 16.1 Å². The summed E-state index contributed by atoms with van der Waals surface area (Å²) in [4.78, 5) is 4.07. The summed E-state index contributed by atoms with van der Waals surface area (Å²) in [5.74, 6) is 0. The number of nitrogens with zero attached hydrogens (tertiary/aromatic N) is 1. The summed E-state index contributed by atoms with van der Waals surface area (Å²) < 4.78 is 38.2. The van der Waals surface area contributed by atoms with Crippen LogP contribution in [0.4, 0.5) is 13.2 Å². The van der Waals surface area contributed by atoms with E-state index in [1.54, 1.807) is 6.92 Å². The summed E-state index contributed by atoms with van der Waals surface area (Å²) in [5.41, 5.74) is 0.324. The molecule has 0 saturated carbocycles. The molecule has 6 heteroatoms. The molecule has 0 unspecified atom stereocenters. The summed E-state index contributed by atoms with van der Waals surface area (Å²) in [5, 5.41) is 0.593. The van der Waals surface area contributed by atoms with Crippen molar-refractivity contribution in [2.45, 2.75) is 13.1 Å². The molecule has 2 aromatic rings. The number of halogens is 5. The SMILES string of the molecule is Cc1cnc2c(Br)cc(C(F)(F)F)cc2c1Cl. The van der Waals surface area contributed by atoms with Crippen LogP contribution < -0.4 is 0 Å². The van der Waals surface area contributed by atoms with E-state index in [1.165, 1.54) is 6.20 Å². The third kappa shape index (κ3) is 2.26. The molecule has 1 nitrogen and oxygen atoms in total. The van der Waals surface area contributed by atoms with E-state index in [9.17, 15) is 13.2 Å². The first-order chi connectivity index (χ1) is 7.80. The molecule has 0 radical (unpaired) electrons. The highest BCUT2D eigenvalue weighted by molar-refractivity contribution is 9.10. The molecule has 0 aliphatic heterocycles. The zero-order chi connectivity index (χ0) is 12.8. The Labute approximate surface area is 109 Å². The standard InChI is InChI=1S/C11H6BrClF3N/c1-5-4-17-10-7(9(5)13)2-6(3-8(10)12)11(14,15)16/h2-4H,1H3. The van der Waals surface area contributed by atoms with Crippen molar-refractivity contribution < 1.29 is 13.2 Å². The fourth-order valence-corrected chi connectivity index (χ4v) is 2.25. The van der Waals surface area contributed by atoms with Crippen LogP contribution in [-0.4, -0.2) is 4.98 Å². The highest BCUT2D eigenvalue weighted by Gasteiger charge is 2.31. The molecule has 1 aromatic heterocycles. The number of alkyl halides is 3. The molecule has 0 aliphatic carbocycles. The number of aryl methyl sites for hydroxylation is 1. The highest BCUT2D eigenvalue weighted by atomic mass is 79.9. The summed E-state index contributed by atoms with van der Waals surface area (Å²) >= 11 is 9.07. The summed E-state index contributed by atoms with van der Waals surface area (Å²) in [6.45, 7) is 1.70. The summed E-state index contributed by atoms with van der Waals surface area (Å²) in [6.07, 6.45) is -2.87. The third-order valence-electron chi connectivity index (χ3n) is 2.36. The Morgan fingerprint density at radius 2 is 1.94 bits per heavy atom. The van der Waals surface area contributed by atoms with Crippen LogP contribution in [0.15, 0.2) is 22.8 Å². The van der Waals surface area contributed by atoms with E-state index in [1.807, 2.05) is 0 Å². The van der Waals surface area contributed by atoms with Crippen molar-refractivity contribution in [3.05, 3.63) is 39.0 Å². The van der Waals surface area contributed by atoms with Crippen LogP contribution in [0.3, 0.4) is 0 Å². The second kappa shape index (κ2) is 4.14. The molecule has 0 N–H and O–H groups in total. The van der Waals surface area contributed by atoms with Crippen LogP contribution in [-0.2, 0) is 6.18 Å². The van der Waals surface area contributed by atoms with Crippen molar-refractivity contribution in [3.63, 3.8) is 0 Å². The number of aromatic nitrogens is 1. The van der Waals surface area contributed by atoms with Crippen LogP contribution in [0.2, 0.25) is 5.02 Å². The highest BCUT2D eigenvalue weighted by Crippen LogP contribution is 2.37. The van der Waals surface area contributed by atoms with E-state index in [0.717, 1.165) is 12.1 Å². The molecule has 0 fully saturated rings. The molecule has 17 heavy (non-hydrogen) atoms. The molecule has 0 bridgehead atoms. The van der Waals surface area contributed by atoms with Crippen LogP contribution in [0.5, 0.6) is 0 Å². The Morgan fingerprint density at radius 3 is 2.53 bits per heavy atom. The van der Waals surface area contributed by atoms with Crippen molar-refractivity contribution in [2.24, 2.45) is 0 Å². The van der Waals surface area contributed by atoms with E-state index in [0.29, 0.717) is 21.5 Å². The summed E-state index contributed by atoms with van der Waals surface area (Å²) in [6, 6.07) is 2.02. The number of hydrogen-bond donors (Lipinski definition) is 0. The first-order valence-corrected chi connectivity index (χ1v) is 5.79. The number of hydrogen-bond acceptors (Lipinski definition) is 1. The average Bonchev–Trinajstić information content (AvgIpc) is 2.22. The van der Waals surface area contributed by atoms with Gasteiger partial charge in [0.05, 0.1) is 16.1 Å². The van der Waals surface area contributed by atoms with Gasteiger partial charge in [0.25, 0.3) is 0 Å². The van der Waals surface area contributed by atoms with Crippen molar-refractivity contribution in [2.75, 3.05) is 0 Å². The molecular formula is C11H6BrClF3N. The Bertz CT molecular complexity index is 595. The van der Waals surface area contributed by atoms with Crippen LogP contribution in [0, 0.1) is 6.92 Å². The predicted molar refractivity (Wildman–Crippen MR) is 64.2 cm³/mol. The number of rotatable bonds is 0. The lowest BCUT2D eigenvalue weighted by Crippen LogP contribution is -2.05. The van der Waals surface area contributed by atoms with Gasteiger partial charge in [0.15, 0.2) is 0 Å². The molecule has 0 spiro atoms. The fourth-order valence-electron chi connectivity index (χ4n) is 1.49. The normalized spacial score (nSPS) is 12.1. The van der Waals surface area contributed by atoms with Gasteiger partial charge in [-0.1, -0.05) is 11.6 Å². The number of pyridine rings is 1. The Kier molecular flexibility index (Phi) is 3.08. The van der Waals surface area contributed by atoms with Gasteiger partial charge in [-0.15, -0.1) is 0 Å². The first-order valence-electron chi connectivity index (χ1n) is 4.62. The second-order valence-corrected chi connectivity index (χ2v) is 4.84. The number of benzene rings is 1. The van der Waals surface area contributed by atoms with Gasteiger partial charge in [0.2, 0.25) is 0 Å². The van der Waals surface area contributed by atoms with Crippen LogP contribution in [0.25, 0.3) is 10.9 Å². The Morgan fingerprint density at radius 1 is 1.29 bits per heavy atom. The zero-order valence-electron chi connectivity index (χ0n) is 8.57. The minimum Gasteiger partial charge on any atom is -0.255 e. The minimum atomic E-state index is -4.40. The largest absolute Gasteiger partial charge is 0.416 e. The maximum atomic E-state index is 12.6. The smallest absolute Gasteiger partial charge is 0.255 e. The lowest BCUT2D eigenvalue weighted by Gasteiger charge is -2.10. The van der Waals surface area contributed by atoms with Crippen LogP contribution >= 0.6 is 27.5 Å². The van der Waals surface area contributed by atoms with E-state index in [2.05, 4.69) is 20.9 Å². The van der Waals surface area contributed by atoms with E-state index in [4.69, 9.17) is 11.6 Å². The molecule has 90 valence electrons. The molecular weight excluding hydrogens is 318 g/mol. The van der Waals surface area contributed by atoms with E-state index in [-0.39, 0.29) is 4.47 Å². The van der Waals surface area contributed by atoms with Crippen molar-refractivity contribution in [3.8, 4) is 0 Å². The molecule has 0 saturated heterocycles. The predicted octanol–water partition coefficient (Wildman–Crippen LogP) is 4.98. The second-order valence-electron chi connectivity index (χ2n) is 3.61. The lowest BCUT2D eigenvalue weighted by atomic mass is 10.1. The van der Waals surface area contributed by atoms with E-state index < -0.39 is 11.7 Å². The maximum Gasteiger partial charge on any atom is 0.416 e. The van der Waals surface area contributed by atoms with Crippen molar-refractivity contribution in [1.82, 2.24) is 4.98 Å². The quantitative estimate of drug-likeness (QED) is 0.666. The van der Waals surface area contributed by atoms with E-state index >= 15 is 0 Å². The topological polar surface area (TPSA) is 12.9 Å². The van der Waals surface area contributed by atoms with Gasteiger partial charge in [-0.2, -0.15) is 13.2 Å². The monoisotopic (exact) mass is 323 g/mol. The van der Waals surface area contributed by atoms with Crippen LogP contribution in [0.1, 0.15) is 11.1 Å². The molecule has 0 amide bonds. The summed E-state index contributed by atoms with van der Waals surface area (Å²) in [7, 11) is 0. The number of fused-ring (bicyclic) bond motifs is 1. The Balaban J connectivity index is 2.84. The maximum absolute atomic E-state index is 12.6. The fraction of sp³-hybridized carbons (Fsp3) is 0.182. The van der Waals surface area contributed by atoms with Crippen molar-refractivity contribution in [1.29, 1.82) is 0 Å². The molecule has 1 heterocycles. The first kappa shape index (κ1) is 12.6. The molecule has 2 rings (SSSR count). The Hall–Kier alpha value is -0.810. The van der Waals surface area contributed by atoms with Gasteiger partial charge in [-0.3, -0.25) is 4.98 Å². The molecule has 0 atom stereocenters. The average molecular weight is 325 g/mol. The molecule has 1 aromatic carbocycles. The van der Waals surface area contributed by atoms with Gasteiger partial charge < -0.3 is 0 Å². The van der Waals surface area contributed by atoms with Gasteiger partial charge >= 0.3 is 6.18 Å². The lowest BCUT2D eigenvalue weighted by molar-refractivity contribution is -0.137. The zero-order valence-corrected chi connectivity index (χ0v) is 10.9. The van der Waals surface area contributed by atoms with Gasteiger partial charge in [0.1, 0.15) is 0 Å².